The molecule has 0 bridgehead atoms. The van der Waals surface area contributed by atoms with Gasteiger partial charge in [-0.3, -0.25) is 4.79 Å². The minimum Gasteiger partial charge on any atom is -0.467 e. The molecular weight excluding hydrogens is 434 g/mol. The van der Waals surface area contributed by atoms with Crippen molar-refractivity contribution in [1.82, 2.24) is 19.6 Å². The van der Waals surface area contributed by atoms with E-state index in [9.17, 15) is 4.79 Å². The van der Waals surface area contributed by atoms with Gasteiger partial charge >= 0.3 is 0 Å². The minimum absolute atomic E-state index is 0.0702. The van der Waals surface area contributed by atoms with Gasteiger partial charge in [-0.1, -0.05) is 36.2 Å². The van der Waals surface area contributed by atoms with Crippen molar-refractivity contribution in [3.8, 4) is 0 Å². The highest BCUT2D eigenvalue weighted by molar-refractivity contribution is 7.09. The van der Waals surface area contributed by atoms with Crippen molar-refractivity contribution in [3.63, 3.8) is 0 Å². The van der Waals surface area contributed by atoms with Crippen molar-refractivity contribution in [2.24, 2.45) is 0 Å². The van der Waals surface area contributed by atoms with Crippen molar-refractivity contribution >= 4 is 22.6 Å². The number of aryl methyl sites for hydroxylation is 1. The number of nitrogens with one attached hydrogen (secondary N) is 1. The Labute approximate surface area is 200 Å². The molecule has 7 nitrogen and oxygen atoms in total. The zero-order valence-corrected chi connectivity index (χ0v) is 20.1. The second kappa shape index (κ2) is 12.0. The van der Waals surface area contributed by atoms with Crippen molar-refractivity contribution < 1.29 is 9.21 Å². The number of furan rings is 1. The Morgan fingerprint density at radius 2 is 2.00 bits per heavy atom. The minimum atomic E-state index is 0.0702. The smallest absolute Gasteiger partial charge is 0.221 e. The number of piperidine rings is 1. The fraction of sp³-hybridized carbons (Fsp3) is 0.480. The number of nitrogens with zero attached hydrogens (tertiary/aromatic N) is 4. The molecule has 3 aromatic rings. The van der Waals surface area contributed by atoms with E-state index >= 15 is 0 Å². The van der Waals surface area contributed by atoms with Crippen LogP contribution in [0.5, 0.6) is 0 Å². The molecule has 0 atom stereocenters. The molecule has 0 saturated carbocycles. The molecule has 0 aliphatic carbocycles. The van der Waals surface area contributed by atoms with Crippen LogP contribution in [0.3, 0.4) is 0 Å². The number of likely N-dealkylation sites (tertiary alicyclic amines) is 1. The van der Waals surface area contributed by atoms with Gasteiger partial charge in [0.25, 0.3) is 0 Å². The lowest BCUT2D eigenvalue weighted by Crippen LogP contribution is -2.38. The quantitative estimate of drug-likeness (QED) is 0.459. The third-order valence-electron chi connectivity index (χ3n) is 5.95. The third-order valence-corrected chi connectivity index (χ3v) is 6.76. The summed E-state index contributed by atoms with van der Waals surface area (Å²) in [4.78, 5) is 21.8. The molecule has 176 valence electrons. The predicted molar refractivity (Wildman–Crippen MR) is 132 cm³/mol. The normalized spacial score (nSPS) is 14.3. The van der Waals surface area contributed by atoms with Crippen LogP contribution >= 0.6 is 11.5 Å². The molecule has 1 saturated heterocycles. The molecule has 1 aliphatic rings. The lowest BCUT2D eigenvalue weighted by molar-refractivity contribution is -0.120. The molecule has 1 aromatic carbocycles. The monoisotopic (exact) mass is 467 g/mol. The summed E-state index contributed by atoms with van der Waals surface area (Å²) in [5.74, 6) is 1.71. The van der Waals surface area contributed by atoms with E-state index < -0.39 is 0 Å². The SMILES string of the molecule is Cc1ccc(Cc2nsc(N(CCC(=O)NCCN3CCCCC3)Cc3ccco3)n2)cc1. The van der Waals surface area contributed by atoms with Gasteiger partial charge in [0.05, 0.1) is 12.8 Å². The van der Waals surface area contributed by atoms with E-state index in [2.05, 4.69) is 50.7 Å². The highest BCUT2D eigenvalue weighted by Crippen LogP contribution is 2.22. The maximum absolute atomic E-state index is 12.5. The zero-order chi connectivity index (χ0) is 22.9. The van der Waals surface area contributed by atoms with Crippen LogP contribution < -0.4 is 10.2 Å². The molecule has 0 spiro atoms. The number of benzene rings is 1. The number of carbonyl (C=O) groups excluding carboxylic acids is 1. The van der Waals surface area contributed by atoms with Crippen molar-refractivity contribution in [1.29, 1.82) is 0 Å². The van der Waals surface area contributed by atoms with Crippen LogP contribution in [-0.4, -0.2) is 52.9 Å². The van der Waals surface area contributed by atoms with Gasteiger partial charge in [0, 0.05) is 44.0 Å². The molecule has 1 fully saturated rings. The van der Waals surface area contributed by atoms with E-state index in [1.54, 1.807) is 6.26 Å². The van der Waals surface area contributed by atoms with Crippen molar-refractivity contribution in [2.75, 3.05) is 37.6 Å². The van der Waals surface area contributed by atoms with Crippen LogP contribution in [0.1, 0.15) is 48.4 Å². The first-order chi connectivity index (χ1) is 16.2. The summed E-state index contributed by atoms with van der Waals surface area (Å²) in [6.07, 6.45) is 6.64. The van der Waals surface area contributed by atoms with Gasteiger partial charge < -0.3 is 19.5 Å². The molecule has 4 rings (SSSR count). The highest BCUT2D eigenvalue weighted by Gasteiger charge is 2.17. The fourth-order valence-corrected chi connectivity index (χ4v) is 4.74. The molecule has 8 heteroatoms. The summed E-state index contributed by atoms with van der Waals surface area (Å²) >= 11 is 1.37. The third kappa shape index (κ3) is 7.40. The molecular formula is C25H33N5O2S. The van der Waals surface area contributed by atoms with Crippen LogP contribution in [0.4, 0.5) is 5.13 Å². The number of rotatable bonds is 11. The van der Waals surface area contributed by atoms with Crippen LogP contribution in [0, 0.1) is 6.92 Å². The van der Waals surface area contributed by atoms with E-state index in [-0.39, 0.29) is 5.91 Å². The Balaban J connectivity index is 1.31. The maximum Gasteiger partial charge on any atom is 0.221 e. The number of anilines is 1. The lowest BCUT2D eigenvalue weighted by Gasteiger charge is -2.26. The van der Waals surface area contributed by atoms with E-state index in [4.69, 9.17) is 9.40 Å². The Morgan fingerprint density at radius 3 is 2.76 bits per heavy atom. The van der Waals surface area contributed by atoms with Crippen LogP contribution in [0.15, 0.2) is 47.1 Å². The van der Waals surface area contributed by atoms with Crippen LogP contribution in [0.2, 0.25) is 0 Å². The second-order valence-electron chi connectivity index (χ2n) is 8.66. The van der Waals surface area contributed by atoms with Crippen molar-refractivity contribution in [2.45, 2.75) is 45.6 Å². The van der Waals surface area contributed by atoms with Crippen molar-refractivity contribution in [3.05, 3.63) is 65.4 Å². The Morgan fingerprint density at radius 1 is 1.18 bits per heavy atom. The predicted octanol–water partition coefficient (Wildman–Crippen LogP) is 4.03. The summed E-state index contributed by atoms with van der Waals surface area (Å²) in [7, 11) is 0. The zero-order valence-electron chi connectivity index (χ0n) is 19.3. The number of carbonyl (C=O) groups is 1. The van der Waals surface area contributed by atoms with Gasteiger partial charge in [-0.25, -0.2) is 4.98 Å². The summed E-state index contributed by atoms with van der Waals surface area (Å²) < 4.78 is 10.1. The molecule has 3 heterocycles. The molecule has 2 aromatic heterocycles. The number of aromatic nitrogens is 2. The van der Waals surface area contributed by atoms with Crippen LogP contribution in [0.25, 0.3) is 0 Å². The van der Waals surface area contributed by atoms with Crippen LogP contribution in [-0.2, 0) is 17.8 Å². The topological polar surface area (TPSA) is 74.5 Å². The standard InChI is InChI=1S/C25H33N5O2S/c1-20-7-9-21(10-8-20)18-23-27-25(33-28-23)30(19-22-6-5-17-32-22)15-11-24(31)26-12-16-29-13-3-2-4-14-29/h5-10,17H,2-4,11-16,18-19H2,1H3,(H,26,31). The molecule has 1 amide bonds. The Bertz CT molecular complexity index is 981. The highest BCUT2D eigenvalue weighted by atomic mass is 32.1. The first kappa shape index (κ1) is 23.4. The molecule has 33 heavy (non-hydrogen) atoms. The van der Waals surface area contributed by atoms with E-state index in [0.29, 0.717) is 32.5 Å². The van der Waals surface area contributed by atoms with E-state index in [1.165, 1.54) is 41.9 Å². The van der Waals surface area contributed by atoms with Gasteiger partial charge in [0.1, 0.15) is 11.6 Å². The molecule has 0 unspecified atom stereocenters. The summed E-state index contributed by atoms with van der Waals surface area (Å²) in [5.41, 5.74) is 2.43. The summed E-state index contributed by atoms with van der Waals surface area (Å²) in [6.45, 7) is 7.14. The lowest BCUT2D eigenvalue weighted by atomic mass is 10.1. The maximum atomic E-state index is 12.5. The first-order valence-electron chi connectivity index (χ1n) is 11.8. The largest absolute Gasteiger partial charge is 0.467 e. The average Bonchev–Trinajstić information content (AvgIpc) is 3.51. The number of hydrogen-bond donors (Lipinski definition) is 1. The average molecular weight is 468 g/mol. The first-order valence-corrected chi connectivity index (χ1v) is 12.6. The van der Waals surface area contributed by atoms with Gasteiger partial charge in [-0.2, -0.15) is 4.37 Å². The summed E-state index contributed by atoms with van der Waals surface area (Å²) in [6, 6.07) is 12.3. The van der Waals surface area contributed by atoms with Gasteiger partial charge in [-0.15, -0.1) is 0 Å². The molecule has 0 radical (unpaired) electrons. The molecule has 1 N–H and O–H groups in total. The number of hydrogen-bond acceptors (Lipinski definition) is 7. The van der Waals surface area contributed by atoms with E-state index in [1.807, 2.05) is 12.1 Å². The van der Waals surface area contributed by atoms with Gasteiger partial charge in [0.15, 0.2) is 0 Å². The number of amides is 1. The van der Waals surface area contributed by atoms with Gasteiger partial charge in [-0.05, 0) is 50.6 Å². The van der Waals surface area contributed by atoms with E-state index in [0.717, 1.165) is 36.4 Å². The fourth-order valence-electron chi connectivity index (χ4n) is 4.03. The molecule has 1 aliphatic heterocycles. The Kier molecular flexibility index (Phi) is 8.49. The van der Waals surface area contributed by atoms with Gasteiger partial charge in [0.2, 0.25) is 11.0 Å². The Hall–Kier alpha value is -2.71. The second-order valence-corrected chi connectivity index (χ2v) is 9.39. The summed E-state index contributed by atoms with van der Waals surface area (Å²) in [5, 5.41) is 3.89.